The van der Waals surface area contributed by atoms with Gasteiger partial charge >= 0.3 is 29.8 Å². The van der Waals surface area contributed by atoms with Crippen molar-refractivity contribution in [1.29, 1.82) is 0 Å². The highest BCUT2D eigenvalue weighted by atomic mass is 16.7. The molecule has 13 heteroatoms. The number of benzene rings is 1. The van der Waals surface area contributed by atoms with E-state index in [-0.39, 0.29) is 30.1 Å². The Hall–Kier alpha value is -4.29. The highest BCUT2D eigenvalue weighted by Gasteiger charge is 2.46. The van der Waals surface area contributed by atoms with E-state index in [1.807, 2.05) is 6.92 Å². The first-order valence-electron chi connectivity index (χ1n) is 11.4. The number of esters is 4. The lowest BCUT2D eigenvalue weighted by molar-refractivity contribution is -0.214. The highest BCUT2D eigenvalue weighted by Crippen LogP contribution is 2.23. The van der Waals surface area contributed by atoms with Crippen LogP contribution < -0.4 is 0 Å². The number of hydrogen-bond acceptors (Lipinski definition) is 12. The Morgan fingerprint density at radius 2 is 1.35 bits per heavy atom. The fraction of sp³-hybridized carbons (Fsp3) is 0.458. The van der Waals surface area contributed by atoms with Crippen LogP contribution in [0.5, 0.6) is 0 Å². The van der Waals surface area contributed by atoms with Crippen LogP contribution in [0.3, 0.4) is 0 Å². The SMILES string of the molecule is CCCCOC(=O)[C@H](OC(=O)[C@H](OC(C)=O)[C@@H](OC(C)=O)C(=O)ON1C(=O)CCC1=O)c1ccccc1. The molecule has 1 aliphatic rings. The van der Waals surface area contributed by atoms with Gasteiger partial charge in [0.1, 0.15) is 0 Å². The average molecular weight is 521 g/mol. The number of ether oxygens (including phenoxy) is 4. The molecule has 200 valence electrons. The minimum Gasteiger partial charge on any atom is -0.463 e. The molecule has 1 saturated heterocycles. The van der Waals surface area contributed by atoms with E-state index < -0.39 is 60.0 Å². The number of rotatable bonds is 12. The van der Waals surface area contributed by atoms with E-state index in [9.17, 15) is 33.6 Å². The quantitative estimate of drug-likeness (QED) is 0.166. The van der Waals surface area contributed by atoms with E-state index in [0.717, 1.165) is 20.3 Å². The number of hydroxylamine groups is 2. The number of carbonyl (C=O) groups is 7. The molecule has 0 saturated carbocycles. The number of amides is 2. The van der Waals surface area contributed by atoms with Crippen LogP contribution in [0.2, 0.25) is 0 Å². The van der Waals surface area contributed by atoms with Crippen molar-refractivity contribution in [2.24, 2.45) is 0 Å². The first-order valence-corrected chi connectivity index (χ1v) is 11.4. The summed E-state index contributed by atoms with van der Waals surface area (Å²) in [6.07, 6.45) is -5.33. The van der Waals surface area contributed by atoms with Gasteiger partial charge in [0, 0.05) is 32.3 Å². The van der Waals surface area contributed by atoms with Crippen LogP contribution in [0.4, 0.5) is 0 Å². The first kappa shape index (κ1) is 28.9. The molecule has 0 aliphatic carbocycles. The smallest absolute Gasteiger partial charge is 0.377 e. The lowest BCUT2D eigenvalue weighted by Gasteiger charge is -2.26. The summed E-state index contributed by atoms with van der Waals surface area (Å²) in [5.41, 5.74) is 0.207. The Labute approximate surface area is 211 Å². The second-order valence-electron chi connectivity index (χ2n) is 7.80. The third-order valence-electron chi connectivity index (χ3n) is 4.81. The third kappa shape index (κ3) is 8.40. The maximum absolute atomic E-state index is 13.1. The number of hydrogen-bond donors (Lipinski definition) is 0. The van der Waals surface area contributed by atoms with Crippen LogP contribution in [0.15, 0.2) is 30.3 Å². The molecule has 0 aromatic heterocycles. The van der Waals surface area contributed by atoms with E-state index >= 15 is 0 Å². The van der Waals surface area contributed by atoms with Gasteiger partial charge in [0.2, 0.25) is 18.3 Å². The summed E-state index contributed by atoms with van der Waals surface area (Å²) in [5.74, 6) is -7.82. The fourth-order valence-corrected chi connectivity index (χ4v) is 3.08. The van der Waals surface area contributed by atoms with E-state index in [4.69, 9.17) is 23.8 Å². The van der Waals surface area contributed by atoms with Gasteiger partial charge in [-0.15, -0.1) is 5.06 Å². The van der Waals surface area contributed by atoms with Gasteiger partial charge < -0.3 is 23.8 Å². The first-order chi connectivity index (χ1) is 17.5. The van der Waals surface area contributed by atoms with Crippen LogP contribution in [-0.2, 0) is 57.3 Å². The van der Waals surface area contributed by atoms with E-state index in [1.165, 1.54) is 12.1 Å². The van der Waals surface area contributed by atoms with Gasteiger partial charge in [0.05, 0.1) is 6.61 Å². The molecule has 0 unspecified atom stereocenters. The largest absolute Gasteiger partial charge is 0.463 e. The Kier molecular flexibility index (Phi) is 10.7. The molecule has 0 N–H and O–H groups in total. The van der Waals surface area contributed by atoms with Gasteiger partial charge in [-0.2, -0.15) is 0 Å². The van der Waals surface area contributed by atoms with E-state index in [2.05, 4.69) is 0 Å². The lowest BCUT2D eigenvalue weighted by atomic mass is 10.1. The van der Waals surface area contributed by atoms with Crippen molar-refractivity contribution >= 4 is 41.7 Å². The van der Waals surface area contributed by atoms with Crippen molar-refractivity contribution in [2.45, 2.75) is 64.8 Å². The molecule has 13 nitrogen and oxygen atoms in total. The molecule has 1 fully saturated rings. The molecule has 1 aromatic carbocycles. The summed E-state index contributed by atoms with van der Waals surface area (Å²) in [7, 11) is 0. The van der Waals surface area contributed by atoms with Gasteiger partial charge in [-0.3, -0.25) is 19.2 Å². The second kappa shape index (κ2) is 13.7. The topological polar surface area (TPSA) is 169 Å². The van der Waals surface area contributed by atoms with Gasteiger partial charge in [-0.05, 0) is 6.42 Å². The van der Waals surface area contributed by atoms with Gasteiger partial charge in [0.25, 0.3) is 11.8 Å². The Morgan fingerprint density at radius 3 is 1.86 bits per heavy atom. The molecule has 37 heavy (non-hydrogen) atoms. The summed E-state index contributed by atoms with van der Waals surface area (Å²) in [4.78, 5) is 90.5. The molecule has 2 amide bonds. The van der Waals surface area contributed by atoms with Crippen LogP contribution in [0.1, 0.15) is 58.1 Å². The standard InChI is InChI=1S/C24H27NO12/c1-4-5-13-33-22(30)19(16-9-7-6-8-10-16)36-23(31)20(34-14(2)26)21(35-15(3)27)24(32)37-25-17(28)11-12-18(25)29/h6-10,19-21H,4-5,11-13H2,1-3H3/t19-,20-,21-/m1/s1. The average Bonchev–Trinajstić information content (AvgIpc) is 3.16. The molecule has 3 atom stereocenters. The molecular formula is C24H27NO12. The van der Waals surface area contributed by atoms with Crippen molar-refractivity contribution in [3.8, 4) is 0 Å². The number of imide groups is 1. The van der Waals surface area contributed by atoms with Crippen LogP contribution in [0, 0.1) is 0 Å². The third-order valence-corrected chi connectivity index (χ3v) is 4.81. The molecule has 0 bridgehead atoms. The normalized spacial score (nSPS) is 15.3. The van der Waals surface area contributed by atoms with E-state index in [0.29, 0.717) is 6.42 Å². The zero-order valence-electron chi connectivity index (χ0n) is 20.5. The maximum Gasteiger partial charge on any atom is 0.377 e. The van der Waals surface area contributed by atoms with Gasteiger partial charge in [-0.25, -0.2) is 14.4 Å². The van der Waals surface area contributed by atoms with Crippen molar-refractivity contribution in [3.05, 3.63) is 35.9 Å². The summed E-state index contributed by atoms with van der Waals surface area (Å²) >= 11 is 0. The van der Waals surface area contributed by atoms with Crippen molar-refractivity contribution in [3.63, 3.8) is 0 Å². The summed E-state index contributed by atoms with van der Waals surface area (Å²) in [6.45, 7) is 3.71. The van der Waals surface area contributed by atoms with Crippen molar-refractivity contribution in [2.75, 3.05) is 6.61 Å². The number of carbonyl (C=O) groups excluding carboxylic acids is 7. The van der Waals surface area contributed by atoms with Crippen LogP contribution in [-0.4, -0.2) is 65.5 Å². The van der Waals surface area contributed by atoms with Gasteiger partial charge in [0.15, 0.2) is 0 Å². The summed E-state index contributed by atoms with van der Waals surface area (Å²) in [5, 5.41) is 0.160. The molecule has 1 aliphatic heterocycles. The monoisotopic (exact) mass is 521 g/mol. The predicted octanol–water partition coefficient (Wildman–Crippen LogP) is 1.08. The Balaban J connectivity index is 2.35. The number of nitrogens with zero attached hydrogens (tertiary/aromatic N) is 1. The molecule has 1 aromatic rings. The molecule has 0 radical (unpaired) electrons. The Morgan fingerprint density at radius 1 is 0.811 bits per heavy atom. The summed E-state index contributed by atoms with van der Waals surface area (Å²) in [6, 6.07) is 7.75. The summed E-state index contributed by atoms with van der Waals surface area (Å²) < 4.78 is 20.2. The Bertz CT molecular complexity index is 1020. The van der Waals surface area contributed by atoms with Crippen molar-refractivity contribution < 1.29 is 57.3 Å². The second-order valence-corrected chi connectivity index (χ2v) is 7.80. The highest BCUT2D eigenvalue weighted by molar-refractivity contribution is 6.02. The molecule has 1 heterocycles. The fourth-order valence-electron chi connectivity index (χ4n) is 3.08. The van der Waals surface area contributed by atoms with Gasteiger partial charge in [-0.1, -0.05) is 43.7 Å². The molecular weight excluding hydrogens is 494 g/mol. The zero-order chi connectivity index (χ0) is 27.5. The minimum absolute atomic E-state index is 0.0455. The number of unbranched alkanes of at least 4 members (excludes halogenated alkanes) is 1. The molecule has 2 rings (SSSR count). The predicted molar refractivity (Wildman–Crippen MR) is 119 cm³/mol. The minimum atomic E-state index is -2.28. The maximum atomic E-state index is 13.1. The van der Waals surface area contributed by atoms with Crippen LogP contribution in [0.25, 0.3) is 0 Å². The molecule has 0 spiro atoms. The van der Waals surface area contributed by atoms with Crippen molar-refractivity contribution in [1.82, 2.24) is 5.06 Å². The lowest BCUT2D eigenvalue weighted by Crippen LogP contribution is -2.49. The zero-order valence-corrected chi connectivity index (χ0v) is 20.5. The van der Waals surface area contributed by atoms with E-state index in [1.54, 1.807) is 18.2 Å². The van der Waals surface area contributed by atoms with Crippen LogP contribution >= 0.6 is 0 Å².